The standard InChI is InChI=1S/C30H46O15S3/c1-16(18-10-13-42-27(18)32)6-7-17(2)19-8-11-30(5)21-14-22(43-46(33,34)35)24-25(31)26(45-48(39,40)41)23(44-47(36,37)38)15-28(24,3)20(21)9-12-29(19,30)4/h9-10,16-17,19,21-26,31H,6-8,11-15H2,1-5H3,(H,33,34,35)(H,36,37,38)(H,39,40,41). The van der Waals surface area contributed by atoms with Crippen LogP contribution in [-0.4, -0.2) is 81.0 Å². The number of rotatable bonds is 11. The Bertz CT molecular complexity index is 1690. The Balaban J connectivity index is 1.51. The second kappa shape index (κ2) is 12.6. The Morgan fingerprint density at radius 2 is 1.50 bits per heavy atom. The van der Waals surface area contributed by atoms with Gasteiger partial charge in [-0.1, -0.05) is 46.3 Å². The number of carbonyl (C=O) groups excluding carboxylic acids is 1. The number of hydrogen-bond acceptors (Lipinski definition) is 12. The van der Waals surface area contributed by atoms with Crippen LogP contribution in [0.2, 0.25) is 0 Å². The van der Waals surface area contributed by atoms with Gasteiger partial charge in [-0.3, -0.25) is 13.7 Å². The van der Waals surface area contributed by atoms with Gasteiger partial charge in [0.15, 0.2) is 0 Å². The molecule has 3 fully saturated rings. The van der Waals surface area contributed by atoms with Gasteiger partial charge in [0.25, 0.3) is 0 Å². The monoisotopic (exact) mass is 742 g/mol. The molecule has 0 amide bonds. The first-order valence-corrected chi connectivity index (χ1v) is 20.2. The van der Waals surface area contributed by atoms with E-state index in [2.05, 4.69) is 25.0 Å². The molecular weight excluding hydrogens is 697 g/mol. The molecule has 12 atom stereocenters. The van der Waals surface area contributed by atoms with Crippen molar-refractivity contribution >= 4 is 37.2 Å². The van der Waals surface area contributed by atoms with E-state index in [0.29, 0.717) is 18.6 Å². The fraction of sp³-hybridized carbons (Fsp3) is 0.833. The van der Waals surface area contributed by atoms with E-state index < -0.39 is 72.4 Å². The highest BCUT2D eigenvalue weighted by atomic mass is 32.3. The van der Waals surface area contributed by atoms with E-state index in [1.165, 1.54) is 0 Å². The molecule has 274 valence electrons. The molecule has 15 nitrogen and oxygen atoms in total. The molecule has 0 spiro atoms. The summed E-state index contributed by atoms with van der Waals surface area (Å²) in [5, 5.41) is 11.6. The third kappa shape index (κ3) is 6.90. The summed E-state index contributed by atoms with van der Waals surface area (Å²) in [7, 11) is -15.6. The van der Waals surface area contributed by atoms with Gasteiger partial charge in [0.2, 0.25) is 0 Å². The molecule has 0 aromatic rings. The molecule has 5 rings (SSSR count). The molecule has 0 saturated heterocycles. The van der Waals surface area contributed by atoms with Crippen LogP contribution in [0.15, 0.2) is 23.3 Å². The topological polar surface area (TPSA) is 237 Å². The van der Waals surface area contributed by atoms with E-state index in [-0.39, 0.29) is 47.9 Å². The zero-order chi connectivity index (χ0) is 35.8. The Morgan fingerprint density at radius 3 is 2.06 bits per heavy atom. The van der Waals surface area contributed by atoms with E-state index in [0.717, 1.165) is 31.3 Å². The molecule has 18 heteroatoms. The molecule has 0 bridgehead atoms. The first kappa shape index (κ1) is 37.8. The molecule has 1 heterocycles. The molecule has 12 unspecified atom stereocenters. The fourth-order valence-corrected chi connectivity index (χ4v) is 11.9. The fourth-order valence-electron chi connectivity index (χ4n) is 10.4. The molecule has 4 N–H and O–H groups in total. The number of hydrogen-bond donors (Lipinski definition) is 4. The number of ether oxygens (including phenoxy) is 1. The van der Waals surface area contributed by atoms with Gasteiger partial charge in [-0.2, -0.15) is 25.3 Å². The second-order valence-electron chi connectivity index (χ2n) is 15.1. The van der Waals surface area contributed by atoms with Crippen LogP contribution in [0.25, 0.3) is 0 Å². The van der Waals surface area contributed by atoms with Gasteiger partial charge in [-0.05, 0) is 90.9 Å². The summed E-state index contributed by atoms with van der Waals surface area (Å²) in [5.74, 6) is -1.40. The summed E-state index contributed by atoms with van der Waals surface area (Å²) < 4.78 is 120. The predicted molar refractivity (Wildman–Crippen MR) is 168 cm³/mol. The lowest BCUT2D eigenvalue weighted by molar-refractivity contribution is -0.179. The van der Waals surface area contributed by atoms with E-state index in [4.69, 9.17) is 13.1 Å². The summed E-state index contributed by atoms with van der Waals surface area (Å²) in [6.07, 6.45) is -0.0198. The average Bonchev–Trinajstić information content (AvgIpc) is 3.47. The molecule has 3 saturated carbocycles. The minimum Gasteiger partial charge on any atom is -0.458 e. The maximum atomic E-state index is 12.2. The van der Waals surface area contributed by atoms with Gasteiger partial charge >= 0.3 is 37.2 Å². The Labute approximate surface area is 282 Å². The third-order valence-corrected chi connectivity index (χ3v) is 14.1. The number of aliphatic hydroxyl groups excluding tert-OH is 1. The smallest absolute Gasteiger partial charge is 0.397 e. The quantitative estimate of drug-likeness (QED) is 0.135. The number of esters is 1. The average molecular weight is 743 g/mol. The van der Waals surface area contributed by atoms with Gasteiger partial charge < -0.3 is 9.84 Å². The molecule has 0 radical (unpaired) electrons. The molecule has 5 aliphatic rings. The SMILES string of the molecule is CC(CCC(C)C1CCC2(C)C3CC(OS(=O)(=O)O)C4C(O)C(OS(=O)(=O)O)C(OS(=O)(=O)O)CC4(C)C3=CCC12C)C1=CCOC1=O. The summed E-state index contributed by atoms with van der Waals surface area (Å²) in [6.45, 7) is 10.5. The van der Waals surface area contributed by atoms with Crippen molar-refractivity contribution in [3.63, 3.8) is 0 Å². The van der Waals surface area contributed by atoms with Crippen LogP contribution in [0.3, 0.4) is 0 Å². The predicted octanol–water partition coefficient (Wildman–Crippen LogP) is 3.25. The van der Waals surface area contributed by atoms with Crippen molar-refractivity contribution < 1.29 is 66.1 Å². The van der Waals surface area contributed by atoms with Crippen LogP contribution in [0.4, 0.5) is 0 Å². The van der Waals surface area contributed by atoms with Crippen LogP contribution >= 0.6 is 0 Å². The number of cyclic esters (lactones) is 1. The number of carbonyl (C=O) groups is 1. The maximum absolute atomic E-state index is 12.2. The van der Waals surface area contributed by atoms with Crippen molar-refractivity contribution in [1.29, 1.82) is 0 Å². The molecule has 1 aliphatic heterocycles. The summed E-state index contributed by atoms with van der Waals surface area (Å²) >= 11 is 0. The van der Waals surface area contributed by atoms with Crippen LogP contribution < -0.4 is 0 Å². The van der Waals surface area contributed by atoms with Crippen molar-refractivity contribution in [1.82, 2.24) is 0 Å². The van der Waals surface area contributed by atoms with Crippen molar-refractivity contribution in [2.24, 2.45) is 45.8 Å². The van der Waals surface area contributed by atoms with E-state index >= 15 is 0 Å². The normalized spacial score (nSPS) is 41.4. The van der Waals surface area contributed by atoms with Crippen LogP contribution in [-0.2, 0) is 53.3 Å². The lowest BCUT2D eigenvalue weighted by atomic mass is 9.43. The minimum absolute atomic E-state index is 0.00580. The van der Waals surface area contributed by atoms with Gasteiger partial charge in [0, 0.05) is 11.5 Å². The third-order valence-electron chi connectivity index (χ3n) is 12.7. The number of aliphatic hydroxyl groups is 1. The zero-order valence-electron chi connectivity index (χ0n) is 27.5. The van der Waals surface area contributed by atoms with Gasteiger partial charge in [-0.25, -0.2) is 17.3 Å². The summed E-state index contributed by atoms with van der Waals surface area (Å²) in [5.41, 5.74) is -0.598. The first-order valence-electron chi connectivity index (χ1n) is 16.1. The highest BCUT2D eigenvalue weighted by Crippen LogP contribution is 2.72. The van der Waals surface area contributed by atoms with Crippen LogP contribution in [0.1, 0.15) is 79.6 Å². The summed E-state index contributed by atoms with van der Waals surface area (Å²) in [4.78, 5) is 12.1. The van der Waals surface area contributed by atoms with Gasteiger partial charge in [0.1, 0.15) is 18.8 Å². The molecular formula is C30H46O15S3. The lowest BCUT2D eigenvalue weighted by Crippen LogP contribution is -2.65. The van der Waals surface area contributed by atoms with Gasteiger partial charge in [0.05, 0.1) is 12.2 Å². The minimum atomic E-state index is -5.31. The van der Waals surface area contributed by atoms with E-state index in [9.17, 15) is 48.8 Å². The van der Waals surface area contributed by atoms with Gasteiger partial charge in [-0.15, -0.1) is 0 Å². The lowest BCUT2D eigenvalue weighted by Gasteiger charge is -2.63. The maximum Gasteiger partial charge on any atom is 0.397 e. The van der Waals surface area contributed by atoms with Crippen molar-refractivity contribution in [3.8, 4) is 0 Å². The largest absolute Gasteiger partial charge is 0.458 e. The first-order chi connectivity index (χ1) is 21.9. The number of allylic oxidation sites excluding steroid dienone is 2. The Kier molecular flexibility index (Phi) is 9.94. The van der Waals surface area contributed by atoms with Crippen LogP contribution in [0.5, 0.6) is 0 Å². The summed E-state index contributed by atoms with van der Waals surface area (Å²) in [6, 6.07) is 0. The highest BCUT2D eigenvalue weighted by molar-refractivity contribution is 7.81. The molecule has 48 heavy (non-hydrogen) atoms. The number of fused-ring (bicyclic) bond motifs is 5. The second-order valence-corrected chi connectivity index (χ2v) is 18.2. The molecule has 0 aromatic carbocycles. The van der Waals surface area contributed by atoms with E-state index in [1.54, 1.807) is 6.92 Å². The van der Waals surface area contributed by atoms with Crippen molar-refractivity contribution in [3.05, 3.63) is 23.3 Å². The molecule has 4 aliphatic carbocycles. The Hall–Kier alpha value is -1.48. The van der Waals surface area contributed by atoms with Crippen LogP contribution in [0, 0.1) is 45.8 Å². The highest BCUT2D eigenvalue weighted by Gasteiger charge is 2.68. The molecule has 0 aromatic heterocycles. The Morgan fingerprint density at radius 1 is 0.896 bits per heavy atom. The van der Waals surface area contributed by atoms with Crippen molar-refractivity contribution in [2.45, 2.75) is 104 Å². The van der Waals surface area contributed by atoms with E-state index in [1.807, 2.05) is 19.1 Å². The van der Waals surface area contributed by atoms with Crippen molar-refractivity contribution in [2.75, 3.05) is 6.61 Å². The zero-order valence-corrected chi connectivity index (χ0v) is 30.0.